The highest BCUT2D eigenvalue weighted by molar-refractivity contribution is 5.97. The van der Waals surface area contributed by atoms with Crippen LogP contribution < -0.4 is 15.1 Å². The molecule has 2 saturated heterocycles. The second kappa shape index (κ2) is 10.7. The SMILES string of the molecule is CC(=O)N[C@H]1C[C@]12CN(c1ccc(N3CCN(C(=O)c4ccccn4)N(C(=O)c4ccccn4)CC3)c(F)c1)C(=O)O2. The molecule has 42 heavy (non-hydrogen) atoms. The van der Waals surface area contributed by atoms with Crippen molar-refractivity contribution in [2.24, 2.45) is 0 Å². The van der Waals surface area contributed by atoms with Gasteiger partial charge in [-0.1, -0.05) is 12.1 Å². The summed E-state index contributed by atoms with van der Waals surface area (Å²) in [6.45, 7) is 2.23. The highest BCUT2D eigenvalue weighted by Crippen LogP contribution is 2.46. The van der Waals surface area contributed by atoms with Gasteiger partial charge in [0.15, 0.2) is 5.60 Å². The number of carbonyl (C=O) groups is 4. The number of anilines is 2. The van der Waals surface area contributed by atoms with Crippen molar-refractivity contribution in [1.29, 1.82) is 0 Å². The number of hydrazine groups is 1. The Morgan fingerprint density at radius 1 is 0.929 bits per heavy atom. The lowest BCUT2D eigenvalue weighted by molar-refractivity contribution is -0.119. The third-order valence-corrected chi connectivity index (χ3v) is 7.61. The van der Waals surface area contributed by atoms with E-state index >= 15 is 4.39 Å². The fourth-order valence-electron chi connectivity index (χ4n) is 5.40. The van der Waals surface area contributed by atoms with Gasteiger partial charge in [-0.05, 0) is 42.5 Å². The van der Waals surface area contributed by atoms with Crippen LogP contribution in [0.4, 0.5) is 20.6 Å². The van der Waals surface area contributed by atoms with Gasteiger partial charge >= 0.3 is 6.09 Å². The molecule has 1 aliphatic carbocycles. The average molecular weight is 574 g/mol. The minimum absolute atomic E-state index is 0.0840. The Bertz CT molecular complexity index is 1480. The number of halogens is 1. The van der Waals surface area contributed by atoms with Gasteiger partial charge in [-0.15, -0.1) is 0 Å². The Hall–Kier alpha value is -5.07. The summed E-state index contributed by atoms with van der Waals surface area (Å²) in [5, 5.41) is 5.42. The number of rotatable bonds is 5. The van der Waals surface area contributed by atoms with Gasteiger partial charge < -0.3 is 15.0 Å². The number of ether oxygens (including phenoxy) is 1. The molecule has 2 atom stereocenters. The topological polar surface area (TPSA) is 128 Å². The lowest BCUT2D eigenvalue weighted by Crippen LogP contribution is -2.50. The van der Waals surface area contributed by atoms with Gasteiger partial charge in [-0.2, -0.15) is 0 Å². The van der Waals surface area contributed by atoms with Gasteiger partial charge in [-0.3, -0.25) is 29.3 Å². The summed E-state index contributed by atoms with van der Waals surface area (Å²) in [5.41, 5.74) is 0.149. The van der Waals surface area contributed by atoms with Crippen LogP contribution in [0.15, 0.2) is 67.0 Å². The van der Waals surface area contributed by atoms with Crippen LogP contribution in [0.5, 0.6) is 0 Å². The molecule has 1 spiro atoms. The number of amides is 4. The number of aromatic nitrogens is 2. The van der Waals surface area contributed by atoms with Gasteiger partial charge in [0, 0.05) is 38.8 Å². The number of carbonyl (C=O) groups excluding carboxylic acids is 4. The van der Waals surface area contributed by atoms with Gasteiger partial charge in [0.2, 0.25) is 5.91 Å². The zero-order valence-electron chi connectivity index (χ0n) is 22.8. The summed E-state index contributed by atoms with van der Waals surface area (Å²) >= 11 is 0. The van der Waals surface area contributed by atoms with Gasteiger partial charge in [0.05, 0.1) is 37.1 Å². The maximum absolute atomic E-state index is 15.6. The zero-order valence-corrected chi connectivity index (χ0v) is 22.8. The summed E-state index contributed by atoms with van der Waals surface area (Å²) in [5.74, 6) is -1.70. The Morgan fingerprint density at radius 3 is 2.07 bits per heavy atom. The Balaban J connectivity index is 1.22. The maximum atomic E-state index is 15.6. The fraction of sp³-hybridized carbons (Fsp3) is 0.310. The van der Waals surface area contributed by atoms with E-state index in [4.69, 9.17) is 4.74 Å². The molecule has 1 saturated carbocycles. The average Bonchev–Trinajstić information content (AvgIpc) is 3.60. The first-order valence-electron chi connectivity index (χ1n) is 13.5. The van der Waals surface area contributed by atoms with Crippen molar-refractivity contribution in [3.63, 3.8) is 0 Å². The molecule has 0 bridgehead atoms. The van der Waals surface area contributed by atoms with Crippen LogP contribution in [-0.2, 0) is 9.53 Å². The van der Waals surface area contributed by atoms with Crippen LogP contribution in [0.1, 0.15) is 34.3 Å². The van der Waals surface area contributed by atoms with Gasteiger partial charge in [0.25, 0.3) is 11.8 Å². The van der Waals surface area contributed by atoms with Crippen molar-refractivity contribution in [2.45, 2.75) is 25.0 Å². The van der Waals surface area contributed by atoms with Crippen LogP contribution >= 0.6 is 0 Å². The van der Waals surface area contributed by atoms with Crippen LogP contribution in [0.2, 0.25) is 0 Å². The number of pyridine rings is 2. The van der Waals surface area contributed by atoms with E-state index in [1.807, 2.05) is 0 Å². The number of nitrogens with zero attached hydrogens (tertiary/aromatic N) is 6. The molecule has 0 unspecified atom stereocenters. The molecule has 3 fully saturated rings. The lowest BCUT2D eigenvalue weighted by Gasteiger charge is -2.32. The normalized spacial score (nSPS) is 21.7. The highest BCUT2D eigenvalue weighted by atomic mass is 19.1. The fourth-order valence-corrected chi connectivity index (χ4v) is 5.40. The summed E-state index contributed by atoms with van der Waals surface area (Å²) in [4.78, 5) is 62.3. The summed E-state index contributed by atoms with van der Waals surface area (Å²) in [6.07, 6.45) is 2.91. The molecule has 13 heteroatoms. The van der Waals surface area contributed by atoms with Crippen molar-refractivity contribution in [3.05, 3.63) is 84.2 Å². The number of hydrogen-bond acceptors (Lipinski definition) is 8. The van der Waals surface area contributed by atoms with E-state index in [1.54, 1.807) is 53.4 Å². The van der Waals surface area contributed by atoms with E-state index in [0.717, 1.165) is 0 Å². The molecule has 1 aromatic carbocycles. The van der Waals surface area contributed by atoms with E-state index in [9.17, 15) is 19.2 Å². The number of nitrogens with one attached hydrogen (secondary N) is 1. The van der Waals surface area contributed by atoms with Gasteiger partial charge in [0.1, 0.15) is 17.2 Å². The summed E-state index contributed by atoms with van der Waals surface area (Å²) in [7, 11) is 0. The third kappa shape index (κ3) is 5.08. The molecule has 2 aromatic heterocycles. The first-order chi connectivity index (χ1) is 20.3. The molecule has 3 aliphatic rings. The first kappa shape index (κ1) is 27.1. The van der Waals surface area contributed by atoms with Crippen LogP contribution in [0, 0.1) is 5.82 Å². The number of benzene rings is 1. The van der Waals surface area contributed by atoms with Crippen molar-refractivity contribution in [2.75, 3.05) is 42.5 Å². The number of hydrogen-bond donors (Lipinski definition) is 1. The van der Waals surface area contributed by atoms with Crippen LogP contribution in [-0.4, -0.2) is 88.2 Å². The van der Waals surface area contributed by atoms with E-state index < -0.39 is 29.3 Å². The molecule has 6 rings (SSSR count). The molecule has 216 valence electrons. The van der Waals surface area contributed by atoms with E-state index in [-0.39, 0.29) is 61.7 Å². The molecule has 4 amide bonds. The predicted octanol–water partition coefficient (Wildman–Crippen LogP) is 2.24. The Kier molecular flexibility index (Phi) is 6.93. The highest BCUT2D eigenvalue weighted by Gasteiger charge is 2.64. The second-order valence-corrected chi connectivity index (χ2v) is 10.4. The standard InChI is InChI=1S/C29H28FN7O5/c1-19(38)33-25-17-29(25)18-35(28(41)42-29)20-8-9-24(21(30)16-20)34-12-14-36(26(39)22-6-2-4-10-31-22)37(15-13-34)27(40)23-7-3-5-11-32-23/h2-11,16,25H,12-15,17-18H2,1H3,(H,33,38)/t25-,29-/m0/s1. The Labute approximate surface area is 240 Å². The van der Waals surface area contributed by atoms with Crippen LogP contribution in [0.25, 0.3) is 0 Å². The van der Waals surface area contributed by atoms with E-state index in [0.29, 0.717) is 12.1 Å². The molecule has 2 aliphatic heterocycles. The van der Waals surface area contributed by atoms with Crippen molar-refractivity contribution in [3.8, 4) is 0 Å². The molecule has 4 heterocycles. The first-order valence-corrected chi connectivity index (χ1v) is 13.5. The maximum Gasteiger partial charge on any atom is 0.415 e. The molecular formula is C29H28FN7O5. The van der Waals surface area contributed by atoms with Crippen molar-refractivity contribution in [1.82, 2.24) is 25.3 Å². The largest absolute Gasteiger partial charge is 0.438 e. The van der Waals surface area contributed by atoms with Crippen molar-refractivity contribution < 1.29 is 28.3 Å². The minimum atomic E-state index is -0.796. The molecule has 3 aromatic rings. The smallest absolute Gasteiger partial charge is 0.415 e. The third-order valence-electron chi connectivity index (χ3n) is 7.61. The predicted molar refractivity (Wildman–Crippen MR) is 148 cm³/mol. The molecular weight excluding hydrogens is 545 g/mol. The summed E-state index contributed by atoms with van der Waals surface area (Å²) < 4.78 is 21.1. The minimum Gasteiger partial charge on any atom is -0.438 e. The molecule has 12 nitrogen and oxygen atoms in total. The van der Waals surface area contributed by atoms with Crippen LogP contribution in [0.3, 0.4) is 0 Å². The monoisotopic (exact) mass is 573 g/mol. The molecule has 1 N–H and O–H groups in total. The summed E-state index contributed by atoms with van der Waals surface area (Å²) in [6, 6.07) is 14.1. The zero-order chi connectivity index (χ0) is 29.4. The van der Waals surface area contributed by atoms with E-state index in [1.165, 1.54) is 40.3 Å². The van der Waals surface area contributed by atoms with E-state index in [2.05, 4.69) is 15.3 Å². The van der Waals surface area contributed by atoms with Gasteiger partial charge in [-0.25, -0.2) is 19.2 Å². The second-order valence-electron chi connectivity index (χ2n) is 10.4. The Morgan fingerprint density at radius 2 is 1.55 bits per heavy atom. The lowest BCUT2D eigenvalue weighted by atomic mass is 10.2. The molecule has 0 radical (unpaired) electrons. The quantitative estimate of drug-likeness (QED) is 0.492. The van der Waals surface area contributed by atoms with Crippen molar-refractivity contribution >= 4 is 35.2 Å².